The van der Waals surface area contributed by atoms with Gasteiger partial charge in [-0.3, -0.25) is 9.59 Å². The number of para-hydroxylation sites is 1. The van der Waals surface area contributed by atoms with Gasteiger partial charge in [0.25, 0.3) is 5.91 Å². The summed E-state index contributed by atoms with van der Waals surface area (Å²) in [5.74, 6) is 1.16. The summed E-state index contributed by atoms with van der Waals surface area (Å²) < 4.78 is 5.52. The predicted octanol–water partition coefficient (Wildman–Crippen LogP) is 1.79. The van der Waals surface area contributed by atoms with E-state index in [-0.39, 0.29) is 30.4 Å². The molecule has 1 unspecified atom stereocenters. The average Bonchev–Trinajstić information content (AvgIpc) is 2.66. The first-order chi connectivity index (χ1) is 12.5. The Kier molecular flexibility index (Phi) is 7.91. The van der Waals surface area contributed by atoms with E-state index in [1.54, 1.807) is 4.90 Å². The molecule has 6 nitrogen and oxygen atoms in total. The third-order valence-electron chi connectivity index (χ3n) is 4.71. The van der Waals surface area contributed by atoms with Crippen molar-refractivity contribution in [2.75, 3.05) is 26.2 Å². The van der Waals surface area contributed by atoms with Gasteiger partial charge < -0.3 is 20.7 Å². The number of benzene rings is 1. The van der Waals surface area contributed by atoms with Crippen molar-refractivity contribution in [1.29, 1.82) is 0 Å². The molecule has 26 heavy (non-hydrogen) atoms. The van der Waals surface area contributed by atoms with Gasteiger partial charge in [-0.1, -0.05) is 32.0 Å². The van der Waals surface area contributed by atoms with E-state index in [9.17, 15) is 9.59 Å². The summed E-state index contributed by atoms with van der Waals surface area (Å²) in [7, 11) is 0. The number of likely N-dealkylation sites (tertiary alicyclic amines) is 1. The normalized spacial score (nSPS) is 16.4. The zero-order valence-electron chi connectivity index (χ0n) is 15.8. The second-order valence-electron chi connectivity index (χ2n) is 7.33. The Morgan fingerprint density at radius 2 is 1.88 bits per heavy atom. The summed E-state index contributed by atoms with van der Waals surface area (Å²) in [6, 6.07) is 9.33. The summed E-state index contributed by atoms with van der Waals surface area (Å²) in [6.45, 7) is 5.91. The minimum Gasteiger partial charge on any atom is -0.484 e. The topological polar surface area (TPSA) is 84.7 Å². The van der Waals surface area contributed by atoms with E-state index in [0.29, 0.717) is 44.1 Å². The zero-order chi connectivity index (χ0) is 18.9. The molecular weight excluding hydrogens is 330 g/mol. The molecule has 1 aromatic rings. The highest BCUT2D eigenvalue weighted by Gasteiger charge is 2.28. The van der Waals surface area contributed by atoms with Crippen LogP contribution in [0.1, 0.15) is 33.1 Å². The molecule has 0 aromatic heterocycles. The van der Waals surface area contributed by atoms with Crippen LogP contribution in [0.15, 0.2) is 30.3 Å². The van der Waals surface area contributed by atoms with Crippen molar-refractivity contribution in [3.05, 3.63) is 30.3 Å². The lowest BCUT2D eigenvalue weighted by molar-refractivity contribution is -0.137. The lowest BCUT2D eigenvalue weighted by Gasteiger charge is -2.32. The molecule has 1 heterocycles. The van der Waals surface area contributed by atoms with Crippen LogP contribution < -0.4 is 15.8 Å². The summed E-state index contributed by atoms with van der Waals surface area (Å²) in [5, 5.41) is 3.07. The van der Waals surface area contributed by atoms with Gasteiger partial charge in [0.05, 0.1) is 0 Å². The van der Waals surface area contributed by atoms with Crippen LogP contribution in [0.3, 0.4) is 0 Å². The largest absolute Gasteiger partial charge is 0.484 e. The first-order valence-corrected chi connectivity index (χ1v) is 9.45. The van der Waals surface area contributed by atoms with Crippen LogP contribution in [0.25, 0.3) is 0 Å². The second kappa shape index (κ2) is 10.2. The molecule has 1 fully saturated rings. The number of hydrogen-bond acceptors (Lipinski definition) is 4. The standard InChI is InChI=1S/C20H31N3O3/c1-15(2)12-17(13-21)22-20(25)16-8-10-23(11-9-16)19(24)14-26-18-6-4-3-5-7-18/h3-7,15-17H,8-14,21H2,1-2H3,(H,22,25). The quantitative estimate of drug-likeness (QED) is 0.739. The van der Waals surface area contributed by atoms with Crippen molar-refractivity contribution in [2.24, 2.45) is 17.6 Å². The van der Waals surface area contributed by atoms with Crippen LogP contribution in [0.4, 0.5) is 0 Å². The monoisotopic (exact) mass is 361 g/mol. The molecule has 1 atom stereocenters. The number of nitrogens with zero attached hydrogens (tertiary/aromatic N) is 1. The van der Waals surface area contributed by atoms with Crippen LogP contribution in [0.2, 0.25) is 0 Å². The summed E-state index contributed by atoms with van der Waals surface area (Å²) in [6.07, 6.45) is 2.25. The lowest BCUT2D eigenvalue weighted by Crippen LogP contribution is -2.48. The van der Waals surface area contributed by atoms with Crippen LogP contribution in [0.5, 0.6) is 5.75 Å². The van der Waals surface area contributed by atoms with E-state index in [4.69, 9.17) is 10.5 Å². The number of carbonyl (C=O) groups is 2. The van der Waals surface area contributed by atoms with Crippen LogP contribution in [0, 0.1) is 11.8 Å². The highest BCUT2D eigenvalue weighted by Crippen LogP contribution is 2.18. The number of carbonyl (C=O) groups excluding carboxylic acids is 2. The van der Waals surface area contributed by atoms with E-state index < -0.39 is 0 Å². The van der Waals surface area contributed by atoms with Crippen molar-refractivity contribution in [3.8, 4) is 5.75 Å². The van der Waals surface area contributed by atoms with E-state index in [0.717, 1.165) is 6.42 Å². The van der Waals surface area contributed by atoms with Gasteiger partial charge in [0, 0.05) is 31.6 Å². The van der Waals surface area contributed by atoms with Crippen molar-refractivity contribution < 1.29 is 14.3 Å². The molecule has 0 saturated carbocycles. The van der Waals surface area contributed by atoms with E-state index >= 15 is 0 Å². The molecule has 0 spiro atoms. The Balaban J connectivity index is 1.73. The van der Waals surface area contributed by atoms with Gasteiger partial charge in [-0.05, 0) is 37.3 Å². The number of nitrogens with one attached hydrogen (secondary N) is 1. The molecule has 0 radical (unpaired) electrons. The summed E-state index contributed by atoms with van der Waals surface area (Å²) >= 11 is 0. The second-order valence-corrected chi connectivity index (χ2v) is 7.33. The predicted molar refractivity (Wildman–Crippen MR) is 102 cm³/mol. The van der Waals surface area contributed by atoms with Gasteiger partial charge in [-0.2, -0.15) is 0 Å². The lowest BCUT2D eigenvalue weighted by atomic mass is 9.94. The first kappa shape index (κ1) is 20.2. The van der Waals surface area contributed by atoms with E-state index in [1.165, 1.54) is 0 Å². The molecule has 6 heteroatoms. The Hall–Kier alpha value is -2.08. The van der Waals surface area contributed by atoms with Crippen LogP contribution in [-0.2, 0) is 9.59 Å². The van der Waals surface area contributed by atoms with Crippen molar-refractivity contribution >= 4 is 11.8 Å². The fourth-order valence-corrected chi connectivity index (χ4v) is 3.25. The van der Waals surface area contributed by atoms with Gasteiger partial charge in [-0.25, -0.2) is 0 Å². The summed E-state index contributed by atoms with van der Waals surface area (Å²) in [5.41, 5.74) is 5.76. The third-order valence-corrected chi connectivity index (χ3v) is 4.71. The van der Waals surface area contributed by atoms with E-state index in [1.807, 2.05) is 30.3 Å². The molecule has 0 bridgehead atoms. The Labute approximate surface area is 156 Å². The molecule has 2 amide bonds. The molecule has 1 aliphatic rings. The molecule has 144 valence electrons. The third kappa shape index (κ3) is 6.33. The fraction of sp³-hybridized carbons (Fsp3) is 0.600. The Morgan fingerprint density at radius 3 is 2.46 bits per heavy atom. The highest BCUT2D eigenvalue weighted by atomic mass is 16.5. The van der Waals surface area contributed by atoms with Crippen molar-refractivity contribution in [2.45, 2.75) is 39.2 Å². The summed E-state index contributed by atoms with van der Waals surface area (Å²) in [4.78, 5) is 26.5. The number of rotatable bonds is 8. The van der Waals surface area contributed by atoms with Gasteiger partial charge in [0.1, 0.15) is 5.75 Å². The number of nitrogens with two attached hydrogens (primary N) is 1. The fourth-order valence-electron chi connectivity index (χ4n) is 3.25. The van der Waals surface area contributed by atoms with Crippen LogP contribution >= 0.6 is 0 Å². The maximum absolute atomic E-state index is 12.4. The average molecular weight is 361 g/mol. The zero-order valence-corrected chi connectivity index (χ0v) is 15.8. The maximum atomic E-state index is 12.4. The number of hydrogen-bond donors (Lipinski definition) is 2. The Morgan fingerprint density at radius 1 is 1.23 bits per heavy atom. The minimum atomic E-state index is -0.0460. The van der Waals surface area contributed by atoms with Gasteiger partial charge in [-0.15, -0.1) is 0 Å². The van der Waals surface area contributed by atoms with Crippen LogP contribution in [-0.4, -0.2) is 49.0 Å². The number of amides is 2. The van der Waals surface area contributed by atoms with Gasteiger partial charge >= 0.3 is 0 Å². The molecule has 1 saturated heterocycles. The Bertz CT molecular complexity index is 569. The highest BCUT2D eigenvalue weighted by molar-refractivity contribution is 5.80. The van der Waals surface area contributed by atoms with Crippen molar-refractivity contribution in [1.82, 2.24) is 10.2 Å². The molecule has 1 aromatic carbocycles. The minimum absolute atomic E-state index is 0.0291. The number of piperidine rings is 1. The van der Waals surface area contributed by atoms with Gasteiger partial charge in [0.2, 0.25) is 5.91 Å². The molecule has 0 aliphatic carbocycles. The number of ether oxygens (including phenoxy) is 1. The maximum Gasteiger partial charge on any atom is 0.260 e. The SMILES string of the molecule is CC(C)CC(CN)NC(=O)C1CCN(C(=O)COc2ccccc2)CC1. The van der Waals surface area contributed by atoms with Crippen molar-refractivity contribution in [3.63, 3.8) is 0 Å². The first-order valence-electron chi connectivity index (χ1n) is 9.45. The van der Waals surface area contributed by atoms with Gasteiger partial charge in [0.15, 0.2) is 6.61 Å². The smallest absolute Gasteiger partial charge is 0.260 e. The molecular formula is C20H31N3O3. The molecule has 3 N–H and O–H groups in total. The molecule has 1 aliphatic heterocycles. The molecule has 2 rings (SSSR count). The van der Waals surface area contributed by atoms with E-state index in [2.05, 4.69) is 19.2 Å².